The van der Waals surface area contributed by atoms with Crippen molar-refractivity contribution >= 4 is 11.8 Å². The lowest BCUT2D eigenvalue weighted by Crippen LogP contribution is -2.27. The van der Waals surface area contributed by atoms with E-state index in [2.05, 4.69) is 20.2 Å². The lowest BCUT2D eigenvalue weighted by molar-refractivity contribution is 0.292. The van der Waals surface area contributed by atoms with Crippen LogP contribution in [0.3, 0.4) is 0 Å². The zero-order valence-corrected chi connectivity index (χ0v) is 9.84. The van der Waals surface area contributed by atoms with Crippen molar-refractivity contribution in [2.24, 2.45) is 5.73 Å². The first-order chi connectivity index (χ1) is 8.29. The summed E-state index contributed by atoms with van der Waals surface area (Å²) < 4.78 is 0. The minimum Gasteiger partial charge on any atom is -0.396 e. The zero-order valence-electron chi connectivity index (χ0n) is 9.84. The zero-order chi connectivity index (χ0) is 12.1. The molecular formula is C11H19N5O. The highest BCUT2D eigenvalue weighted by Crippen LogP contribution is 2.17. The highest BCUT2D eigenvalue weighted by molar-refractivity contribution is 5.43. The van der Waals surface area contributed by atoms with Gasteiger partial charge in [0.25, 0.3) is 0 Å². The third-order valence-corrected chi connectivity index (χ3v) is 2.81. The van der Waals surface area contributed by atoms with Crippen molar-refractivity contribution in [2.45, 2.75) is 18.9 Å². The topological polar surface area (TPSA) is 87.3 Å². The molecule has 94 valence electrons. The Morgan fingerprint density at radius 1 is 1.59 bits per heavy atom. The van der Waals surface area contributed by atoms with E-state index in [1.165, 1.54) is 0 Å². The van der Waals surface area contributed by atoms with E-state index in [-0.39, 0.29) is 12.6 Å². The van der Waals surface area contributed by atoms with Crippen molar-refractivity contribution in [3.05, 3.63) is 12.3 Å². The predicted molar refractivity (Wildman–Crippen MR) is 67.0 cm³/mol. The van der Waals surface area contributed by atoms with Crippen molar-refractivity contribution < 1.29 is 5.11 Å². The van der Waals surface area contributed by atoms with Crippen molar-refractivity contribution in [1.82, 2.24) is 9.97 Å². The van der Waals surface area contributed by atoms with E-state index < -0.39 is 0 Å². The highest BCUT2D eigenvalue weighted by atomic mass is 16.3. The molecule has 17 heavy (non-hydrogen) atoms. The lowest BCUT2D eigenvalue weighted by atomic mass is 10.3. The van der Waals surface area contributed by atoms with E-state index in [1.54, 1.807) is 6.20 Å². The van der Waals surface area contributed by atoms with Gasteiger partial charge >= 0.3 is 0 Å². The number of rotatable bonds is 5. The van der Waals surface area contributed by atoms with Crippen LogP contribution in [0.4, 0.5) is 11.8 Å². The molecule has 6 heteroatoms. The molecule has 0 saturated carbocycles. The Balaban J connectivity index is 1.96. The number of aromatic nitrogens is 2. The molecule has 1 aliphatic rings. The summed E-state index contributed by atoms with van der Waals surface area (Å²) in [7, 11) is 0. The van der Waals surface area contributed by atoms with E-state index in [0.29, 0.717) is 18.9 Å². The molecule has 2 rings (SSSR count). The van der Waals surface area contributed by atoms with Crippen LogP contribution in [0.5, 0.6) is 0 Å². The number of aliphatic hydroxyl groups is 1. The molecule has 1 aliphatic heterocycles. The van der Waals surface area contributed by atoms with Crippen molar-refractivity contribution in [3.63, 3.8) is 0 Å². The third-order valence-electron chi connectivity index (χ3n) is 2.81. The molecule has 0 radical (unpaired) electrons. The van der Waals surface area contributed by atoms with E-state index in [1.807, 2.05) is 6.07 Å². The maximum atomic E-state index is 8.70. The molecule has 1 saturated heterocycles. The number of nitrogens with two attached hydrogens (primary N) is 1. The van der Waals surface area contributed by atoms with Crippen molar-refractivity contribution in [1.29, 1.82) is 0 Å². The number of aliphatic hydroxyl groups excluding tert-OH is 1. The molecule has 1 atom stereocenters. The van der Waals surface area contributed by atoms with Crippen LogP contribution in [0.2, 0.25) is 0 Å². The average Bonchev–Trinajstić information content (AvgIpc) is 2.77. The smallest absolute Gasteiger partial charge is 0.224 e. The molecular weight excluding hydrogens is 218 g/mol. The summed E-state index contributed by atoms with van der Waals surface area (Å²) in [6.07, 6.45) is 3.45. The summed E-state index contributed by atoms with van der Waals surface area (Å²) in [5, 5.41) is 11.8. The Kier molecular flexibility index (Phi) is 4.11. The number of anilines is 2. The molecule has 1 fully saturated rings. The van der Waals surface area contributed by atoms with Gasteiger partial charge in [-0.05, 0) is 18.9 Å². The second-order valence-corrected chi connectivity index (χ2v) is 4.24. The van der Waals surface area contributed by atoms with Gasteiger partial charge in [-0.1, -0.05) is 0 Å². The Hall–Kier alpha value is -1.40. The molecule has 1 aromatic rings. The Bertz CT molecular complexity index is 359. The molecule has 0 spiro atoms. The standard InChI is InChI=1S/C11H19N5O/c12-9-3-6-16(8-9)10-2-5-14-11(15-10)13-4-1-7-17/h2,5,9,17H,1,3-4,6-8,12H2,(H,13,14,15). The number of hydrogen-bond acceptors (Lipinski definition) is 6. The normalized spacial score (nSPS) is 19.6. The van der Waals surface area contributed by atoms with Gasteiger partial charge in [0.1, 0.15) is 5.82 Å². The summed E-state index contributed by atoms with van der Waals surface area (Å²) >= 11 is 0. The quantitative estimate of drug-likeness (QED) is 0.615. The van der Waals surface area contributed by atoms with Gasteiger partial charge in [0, 0.05) is 38.5 Å². The second kappa shape index (κ2) is 5.79. The minimum absolute atomic E-state index is 0.174. The van der Waals surface area contributed by atoms with Gasteiger partial charge in [-0.3, -0.25) is 0 Å². The third kappa shape index (κ3) is 3.28. The van der Waals surface area contributed by atoms with Gasteiger partial charge in [-0.15, -0.1) is 0 Å². The van der Waals surface area contributed by atoms with E-state index >= 15 is 0 Å². The Morgan fingerprint density at radius 2 is 2.47 bits per heavy atom. The molecule has 0 aromatic carbocycles. The van der Waals surface area contributed by atoms with E-state index in [0.717, 1.165) is 25.3 Å². The summed E-state index contributed by atoms with van der Waals surface area (Å²) in [5.41, 5.74) is 5.87. The number of nitrogens with zero attached hydrogens (tertiary/aromatic N) is 3. The second-order valence-electron chi connectivity index (χ2n) is 4.24. The summed E-state index contributed by atoms with van der Waals surface area (Å²) in [5.74, 6) is 1.52. The van der Waals surface area contributed by atoms with Gasteiger partial charge in [0.2, 0.25) is 5.95 Å². The largest absolute Gasteiger partial charge is 0.396 e. The first-order valence-electron chi connectivity index (χ1n) is 5.98. The molecule has 4 N–H and O–H groups in total. The minimum atomic E-state index is 0.174. The van der Waals surface area contributed by atoms with Crippen LogP contribution in [0, 0.1) is 0 Å². The fraction of sp³-hybridized carbons (Fsp3) is 0.636. The highest BCUT2D eigenvalue weighted by Gasteiger charge is 2.20. The predicted octanol–water partition coefficient (Wildman–Crippen LogP) is -0.192. The molecule has 1 unspecified atom stereocenters. The van der Waals surface area contributed by atoms with Crippen LogP contribution < -0.4 is 16.0 Å². The molecule has 1 aromatic heterocycles. The van der Waals surface area contributed by atoms with Crippen LogP contribution in [-0.2, 0) is 0 Å². The molecule has 0 aliphatic carbocycles. The van der Waals surface area contributed by atoms with E-state index in [9.17, 15) is 0 Å². The fourth-order valence-electron chi connectivity index (χ4n) is 1.89. The van der Waals surface area contributed by atoms with Crippen LogP contribution in [0.1, 0.15) is 12.8 Å². The summed E-state index contributed by atoms with van der Waals surface area (Å²) in [4.78, 5) is 10.7. The fourth-order valence-corrected chi connectivity index (χ4v) is 1.89. The Morgan fingerprint density at radius 3 is 3.18 bits per heavy atom. The maximum absolute atomic E-state index is 8.70. The first-order valence-corrected chi connectivity index (χ1v) is 5.98. The summed E-state index contributed by atoms with van der Waals surface area (Å²) in [6.45, 7) is 2.66. The summed E-state index contributed by atoms with van der Waals surface area (Å²) in [6, 6.07) is 2.14. The van der Waals surface area contributed by atoms with Gasteiger partial charge in [-0.2, -0.15) is 4.98 Å². The van der Waals surface area contributed by atoms with Gasteiger partial charge < -0.3 is 21.1 Å². The van der Waals surface area contributed by atoms with Gasteiger partial charge in [0.05, 0.1) is 0 Å². The molecule has 2 heterocycles. The van der Waals surface area contributed by atoms with Gasteiger partial charge in [-0.25, -0.2) is 4.98 Å². The average molecular weight is 237 g/mol. The number of nitrogens with one attached hydrogen (secondary N) is 1. The molecule has 0 bridgehead atoms. The SMILES string of the molecule is NC1CCN(c2ccnc(NCCCO)n2)C1. The van der Waals surface area contributed by atoms with Gasteiger partial charge in [0.15, 0.2) is 0 Å². The lowest BCUT2D eigenvalue weighted by Gasteiger charge is -2.17. The van der Waals surface area contributed by atoms with Crippen LogP contribution in [0.15, 0.2) is 12.3 Å². The number of hydrogen-bond donors (Lipinski definition) is 3. The first kappa shape index (κ1) is 12.1. The van der Waals surface area contributed by atoms with Crippen LogP contribution in [-0.4, -0.2) is 47.4 Å². The monoisotopic (exact) mass is 237 g/mol. The molecule has 6 nitrogen and oxygen atoms in total. The van der Waals surface area contributed by atoms with E-state index in [4.69, 9.17) is 10.8 Å². The van der Waals surface area contributed by atoms with Crippen LogP contribution >= 0.6 is 0 Å². The Labute approximate surface area is 101 Å². The van der Waals surface area contributed by atoms with Crippen molar-refractivity contribution in [2.75, 3.05) is 36.5 Å². The maximum Gasteiger partial charge on any atom is 0.224 e. The molecule has 0 amide bonds. The van der Waals surface area contributed by atoms with Crippen LogP contribution in [0.25, 0.3) is 0 Å². The van der Waals surface area contributed by atoms with Crippen molar-refractivity contribution in [3.8, 4) is 0 Å².